The van der Waals surface area contributed by atoms with Gasteiger partial charge in [0.2, 0.25) is 11.9 Å². The average molecular weight is 380 g/mol. The molecule has 0 radical (unpaired) electrons. The molecule has 1 spiro atoms. The van der Waals surface area contributed by atoms with Crippen molar-refractivity contribution >= 4 is 11.9 Å². The summed E-state index contributed by atoms with van der Waals surface area (Å²) in [4.78, 5) is 10.9. The van der Waals surface area contributed by atoms with Crippen molar-refractivity contribution in [3.63, 3.8) is 0 Å². The van der Waals surface area contributed by atoms with Gasteiger partial charge in [-0.3, -0.25) is 4.68 Å². The van der Waals surface area contributed by atoms with Gasteiger partial charge in [0.05, 0.1) is 12.7 Å². The number of aliphatic imine (C=N–C) groups is 2. The topological polar surface area (TPSA) is 111 Å². The molecule has 1 aliphatic carbocycles. The summed E-state index contributed by atoms with van der Waals surface area (Å²) in [7, 11) is 0. The Labute approximate surface area is 165 Å². The van der Waals surface area contributed by atoms with E-state index >= 15 is 0 Å². The van der Waals surface area contributed by atoms with Crippen LogP contribution in [-0.2, 0) is 19.5 Å². The molecule has 8 heteroatoms. The number of hydrogen-bond acceptors (Lipinski definition) is 7. The van der Waals surface area contributed by atoms with Gasteiger partial charge in [-0.05, 0) is 44.1 Å². The first-order valence-corrected chi connectivity index (χ1v) is 10.0. The number of nitrogens with two attached hydrogens (primary N) is 2. The minimum absolute atomic E-state index is 0.278. The molecule has 1 fully saturated rings. The Balaban J connectivity index is 1.40. The van der Waals surface area contributed by atoms with Gasteiger partial charge in [-0.2, -0.15) is 4.99 Å². The van der Waals surface area contributed by atoms with E-state index in [1.807, 2.05) is 16.9 Å². The molecule has 0 atom stereocenters. The highest BCUT2D eigenvalue weighted by atomic mass is 15.5. The zero-order chi connectivity index (χ0) is 19.4. The van der Waals surface area contributed by atoms with E-state index in [0.717, 1.165) is 50.8 Å². The van der Waals surface area contributed by atoms with Crippen LogP contribution in [0, 0.1) is 0 Å². The molecule has 0 saturated heterocycles. The van der Waals surface area contributed by atoms with E-state index in [4.69, 9.17) is 11.5 Å². The van der Waals surface area contributed by atoms with Crippen LogP contribution in [0.5, 0.6) is 0 Å². The minimum Gasteiger partial charge on any atom is -0.369 e. The highest BCUT2D eigenvalue weighted by Gasteiger charge is 2.41. The lowest BCUT2D eigenvalue weighted by Gasteiger charge is -2.45. The Bertz CT molecular complexity index is 848. The van der Waals surface area contributed by atoms with E-state index in [1.54, 1.807) is 0 Å². The van der Waals surface area contributed by atoms with E-state index in [1.165, 1.54) is 12.0 Å². The Morgan fingerprint density at radius 3 is 2.61 bits per heavy atom. The van der Waals surface area contributed by atoms with Gasteiger partial charge in [-0.15, -0.1) is 5.10 Å². The lowest BCUT2D eigenvalue weighted by molar-refractivity contribution is 0.113. The van der Waals surface area contributed by atoms with Crippen molar-refractivity contribution in [1.82, 2.24) is 19.9 Å². The standard InChI is InChI=1S/C20H28N8/c21-18-23-19(22)28(20(24-18)11-5-2-6-12-20)15-17-14-27(26-25-17)13-7-10-16-8-3-1-4-9-16/h1,3-4,8-9,14H,2,5-7,10-13,15H2,(H4,21,22,23,24). The second-order valence-electron chi connectivity index (χ2n) is 7.63. The van der Waals surface area contributed by atoms with Gasteiger partial charge in [0.25, 0.3) is 0 Å². The molecule has 4 N–H and O–H groups in total. The van der Waals surface area contributed by atoms with Crippen molar-refractivity contribution in [2.45, 2.75) is 63.7 Å². The van der Waals surface area contributed by atoms with Gasteiger partial charge in [-0.25, -0.2) is 4.99 Å². The van der Waals surface area contributed by atoms with Gasteiger partial charge in [-0.1, -0.05) is 42.0 Å². The van der Waals surface area contributed by atoms with Gasteiger partial charge in [0, 0.05) is 6.54 Å². The van der Waals surface area contributed by atoms with Crippen molar-refractivity contribution < 1.29 is 0 Å². The van der Waals surface area contributed by atoms with Crippen molar-refractivity contribution in [2.24, 2.45) is 21.5 Å². The maximum Gasteiger partial charge on any atom is 0.220 e. The second kappa shape index (κ2) is 8.00. The minimum atomic E-state index is -0.384. The van der Waals surface area contributed by atoms with Crippen LogP contribution < -0.4 is 11.5 Å². The molecule has 1 aromatic heterocycles. The molecule has 0 bridgehead atoms. The van der Waals surface area contributed by atoms with Crippen LogP contribution >= 0.6 is 0 Å². The summed E-state index contributed by atoms with van der Waals surface area (Å²) >= 11 is 0. The Hall–Kier alpha value is -2.90. The zero-order valence-electron chi connectivity index (χ0n) is 16.2. The first-order chi connectivity index (χ1) is 13.6. The van der Waals surface area contributed by atoms with Gasteiger partial charge >= 0.3 is 0 Å². The molecule has 1 aliphatic heterocycles. The number of aryl methyl sites for hydroxylation is 2. The first-order valence-electron chi connectivity index (χ1n) is 10.0. The van der Waals surface area contributed by atoms with E-state index < -0.39 is 0 Å². The summed E-state index contributed by atoms with van der Waals surface area (Å²) in [5, 5.41) is 8.63. The number of benzene rings is 1. The Morgan fingerprint density at radius 2 is 1.82 bits per heavy atom. The summed E-state index contributed by atoms with van der Waals surface area (Å²) in [6.07, 6.45) is 9.38. The molecule has 28 heavy (non-hydrogen) atoms. The molecule has 8 nitrogen and oxygen atoms in total. The number of guanidine groups is 2. The molecule has 2 aliphatic rings. The molecule has 1 saturated carbocycles. The number of rotatable bonds is 6. The second-order valence-corrected chi connectivity index (χ2v) is 7.63. The molecule has 1 aromatic carbocycles. The third-order valence-electron chi connectivity index (χ3n) is 5.59. The lowest BCUT2D eigenvalue weighted by atomic mass is 9.87. The molecule has 4 rings (SSSR count). The van der Waals surface area contributed by atoms with Gasteiger partial charge in [0.1, 0.15) is 11.4 Å². The highest BCUT2D eigenvalue weighted by molar-refractivity contribution is 5.95. The van der Waals surface area contributed by atoms with Gasteiger partial charge in [0.15, 0.2) is 0 Å². The molecule has 0 amide bonds. The maximum absolute atomic E-state index is 6.23. The zero-order valence-corrected chi connectivity index (χ0v) is 16.2. The summed E-state index contributed by atoms with van der Waals surface area (Å²) in [5.41, 5.74) is 14.0. The van der Waals surface area contributed by atoms with Crippen molar-refractivity contribution in [1.29, 1.82) is 0 Å². The van der Waals surface area contributed by atoms with Crippen LogP contribution in [0.1, 0.15) is 49.8 Å². The number of nitrogens with zero attached hydrogens (tertiary/aromatic N) is 6. The third kappa shape index (κ3) is 4.00. The fourth-order valence-corrected chi connectivity index (χ4v) is 4.19. The summed E-state index contributed by atoms with van der Waals surface area (Å²) < 4.78 is 1.90. The van der Waals surface area contributed by atoms with Crippen molar-refractivity contribution in [2.75, 3.05) is 0 Å². The Morgan fingerprint density at radius 1 is 1.04 bits per heavy atom. The van der Waals surface area contributed by atoms with Crippen LogP contribution in [0.4, 0.5) is 0 Å². The molecular weight excluding hydrogens is 352 g/mol. The number of hydrogen-bond donors (Lipinski definition) is 2. The average Bonchev–Trinajstić information content (AvgIpc) is 3.14. The fourth-order valence-electron chi connectivity index (χ4n) is 4.19. The van der Waals surface area contributed by atoms with Gasteiger partial charge < -0.3 is 16.4 Å². The predicted octanol–water partition coefficient (Wildman–Crippen LogP) is 2.02. The molecular formula is C20H28N8. The summed E-state index contributed by atoms with van der Waals surface area (Å²) in [5.74, 6) is 0.702. The van der Waals surface area contributed by atoms with Crippen molar-refractivity contribution in [3.05, 3.63) is 47.8 Å². The van der Waals surface area contributed by atoms with Crippen LogP contribution in [0.15, 0.2) is 46.5 Å². The van der Waals surface area contributed by atoms with E-state index in [9.17, 15) is 0 Å². The molecule has 2 aromatic rings. The maximum atomic E-state index is 6.23. The van der Waals surface area contributed by atoms with E-state index in [2.05, 4.69) is 49.5 Å². The van der Waals surface area contributed by atoms with E-state index in [-0.39, 0.29) is 11.6 Å². The van der Waals surface area contributed by atoms with Crippen LogP contribution in [0.3, 0.4) is 0 Å². The lowest BCUT2D eigenvalue weighted by Crippen LogP contribution is -2.57. The quantitative estimate of drug-likeness (QED) is 0.796. The molecule has 0 unspecified atom stereocenters. The predicted molar refractivity (Wildman–Crippen MR) is 109 cm³/mol. The largest absolute Gasteiger partial charge is 0.369 e. The normalized spacial score (nSPS) is 18.8. The van der Waals surface area contributed by atoms with Crippen LogP contribution in [0.2, 0.25) is 0 Å². The fraction of sp³-hybridized carbons (Fsp3) is 0.500. The summed E-state index contributed by atoms with van der Waals surface area (Å²) in [6, 6.07) is 10.5. The molecule has 148 valence electrons. The number of aromatic nitrogens is 3. The third-order valence-corrected chi connectivity index (χ3v) is 5.59. The SMILES string of the molecule is NC1=NC2(CCCCC2)N(Cc2cn(CCCc3ccccc3)nn2)C(N)=N1. The monoisotopic (exact) mass is 380 g/mol. The summed E-state index contributed by atoms with van der Waals surface area (Å²) in [6.45, 7) is 1.38. The smallest absolute Gasteiger partial charge is 0.220 e. The highest BCUT2D eigenvalue weighted by Crippen LogP contribution is 2.37. The first kappa shape index (κ1) is 18.5. The Kier molecular flexibility index (Phi) is 5.27. The van der Waals surface area contributed by atoms with E-state index in [0.29, 0.717) is 12.5 Å². The van der Waals surface area contributed by atoms with Crippen LogP contribution in [-0.4, -0.2) is 37.5 Å². The van der Waals surface area contributed by atoms with Crippen molar-refractivity contribution in [3.8, 4) is 0 Å². The molecule has 2 heterocycles. The van der Waals surface area contributed by atoms with Crippen LogP contribution in [0.25, 0.3) is 0 Å².